The molecule has 1 aliphatic rings. The minimum atomic E-state index is -0.208. The van der Waals surface area contributed by atoms with Gasteiger partial charge in [0.15, 0.2) is 23.0 Å². The Hall–Kier alpha value is -2.83. The summed E-state index contributed by atoms with van der Waals surface area (Å²) < 4.78 is 10.6. The zero-order valence-corrected chi connectivity index (χ0v) is 12.8. The molecule has 0 unspecified atom stereocenters. The van der Waals surface area contributed by atoms with E-state index in [1.807, 2.05) is 18.2 Å². The number of anilines is 2. The van der Waals surface area contributed by atoms with Crippen molar-refractivity contribution in [3.8, 4) is 11.5 Å². The molecular formula is C16H18N4O3. The van der Waals surface area contributed by atoms with Crippen LogP contribution in [-0.4, -0.2) is 29.4 Å². The van der Waals surface area contributed by atoms with Gasteiger partial charge in [-0.25, -0.2) is 0 Å². The molecule has 7 nitrogen and oxygen atoms in total. The van der Waals surface area contributed by atoms with Crippen molar-refractivity contribution in [1.29, 1.82) is 0 Å². The Kier molecular flexibility index (Phi) is 4.56. The maximum Gasteiger partial charge on any atom is 0.271 e. The van der Waals surface area contributed by atoms with E-state index in [-0.39, 0.29) is 12.7 Å². The van der Waals surface area contributed by atoms with Gasteiger partial charge in [-0.2, -0.15) is 0 Å². The molecule has 0 spiro atoms. The minimum absolute atomic E-state index is 0.208. The molecule has 0 saturated carbocycles. The molecule has 0 fully saturated rings. The predicted octanol–water partition coefficient (Wildman–Crippen LogP) is 2.48. The Labute approximate surface area is 134 Å². The summed E-state index contributed by atoms with van der Waals surface area (Å²) in [6.07, 6.45) is 1.98. The fraction of sp³-hybridized carbons (Fsp3) is 0.312. The molecular weight excluding hydrogens is 296 g/mol. The molecule has 0 atom stereocenters. The first-order valence-electron chi connectivity index (χ1n) is 7.55. The van der Waals surface area contributed by atoms with Crippen LogP contribution in [0.5, 0.6) is 11.5 Å². The third-order valence-corrected chi connectivity index (χ3v) is 3.36. The van der Waals surface area contributed by atoms with E-state index in [9.17, 15) is 4.79 Å². The van der Waals surface area contributed by atoms with Gasteiger partial charge in [-0.15, -0.1) is 10.2 Å². The summed E-state index contributed by atoms with van der Waals surface area (Å²) in [4.78, 5) is 11.9. The van der Waals surface area contributed by atoms with E-state index < -0.39 is 0 Å². The van der Waals surface area contributed by atoms with E-state index in [0.29, 0.717) is 23.8 Å². The lowest BCUT2D eigenvalue weighted by molar-refractivity contribution is 0.0947. The molecule has 120 valence electrons. The van der Waals surface area contributed by atoms with Gasteiger partial charge < -0.3 is 20.1 Å². The van der Waals surface area contributed by atoms with Crippen LogP contribution in [0.2, 0.25) is 0 Å². The Bertz CT molecular complexity index is 688. The Morgan fingerprint density at radius 3 is 2.83 bits per heavy atom. The number of hydrogen-bond donors (Lipinski definition) is 2. The number of carbonyl (C=O) groups excluding carboxylic acids is 1. The van der Waals surface area contributed by atoms with Crippen molar-refractivity contribution in [2.75, 3.05) is 18.7 Å². The van der Waals surface area contributed by atoms with Crippen molar-refractivity contribution in [2.24, 2.45) is 0 Å². The number of carbonyl (C=O) groups is 1. The van der Waals surface area contributed by atoms with Crippen molar-refractivity contribution >= 4 is 17.4 Å². The van der Waals surface area contributed by atoms with Crippen LogP contribution in [-0.2, 0) is 0 Å². The van der Waals surface area contributed by atoms with Gasteiger partial charge >= 0.3 is 0 Å². The molecule has 23 heavy (non-hydrogen) atoms. The van der Waals surface area contributed by atoms with E-state index in [4.69, 9.17) is 9.47 Å². The highest BCUT2D eigenvalue weighted by atomic mass is 16.7. The largest absolute Gasteiger partial charge is 0.454 e. The van der Waals surface area contributed by atoms with E-state index >= 15 is 0 Å². The zero-order valence-electron chi connectivity index (χ0n) is 12.8. The number of benzene rings is 1. The van der Waals surface area contributed by atoms with Crippen molar-refractivity contribution in [1.82, 2.24) is 15.5 Å². The van der Waals surface area contributed by atoms with Gasteiger partial charge in [0.1, 0.15) is 0 Å². The van der Waals surface area contributed by atoms with Gasteiger partial charge in [0.25, 0.3) is 5.91 Å². The van der Waals surface area contributed by atoms with Gasteiger partial charge in [-0.05, 0) is 30.7 Å². The summed E-state index contributed by atoms with van der Waals surface area (Å²) in [6, 6.07) is 8.87. The normalized spacial score (nSPS) is 12.0. The molecule has 3 rings (SSSR count). The quantitative estimate of drug-likeness (QED) is 0.797. The van der Waals surface area contributed by atoms with Crippen LogP contribution in [0.3, 0.4) is 0 Å². The maximum atomic E-state index is 11.9. The molecule has 1 aliphatic heterocycles. The average molecular weight is 314 g/mol. The van der Waals surface area contributed by atoms with Crippen LogP contribution in [0.15, 0.2) is 30.3 Å². The van der Waals surface area contributed by atoms with Crippen LogP contribution in [0.4, 0.5) is 11.5 Å². The summed E-state index contributed by atoms with van der Waals surface area (Å²) in [6.45, 7) is 2.96. The van der Waals surface area contributed by atoms with Crippen molar-refractivity contribution < 1.29 is 14.3 Å². The molecule has 0 aliphatic carbocycles. The molecule has 2 aromatic rings. The van der Waals surface area contributed by atoms with Crippen molar-refractivity contribution in [3.05, 3.63) is 36.0 Å². The van der Waals surface area contributed by atoms with Gasteiger partial charge in [0.2, 0.25) is 6.79 Å². The fourth-order valence-electron chi connectivity index (χ4n) is 2.11. The summed E-state index contributed by atoms with van der Waals surface area (Å²) >= 11 is 0. The monoisotopic (exact) mass is 314 g/mol. The van der Waals surface area contributed by atoms with Gasteiger partial charge in [-0.3, -0.25) is 4.79 Å². The molecule has 2 N–H and O–H groups in total. The number of ether oxygens (including phenoxy) is 2. The van der Waals surface area contributed by atoms with Crippen molar-refractivity contribution in [2.45, 2.75) is 19.8 Å². The number of aromatic nitrogens is 2. The van der Waals surface area contributed by atoms with E-state index in [2.05, 4.69) is 27.8 Å². The van der Waals surface area contributed by atoms with Crippen LogP contribution in [0.25, 0.3) is 0 Å². The molecule has 7 heteroatoms. The summed E-state index contributed by atoms with van der Waals surface area (Å²) in [7, 11) is 0. The number of unbranched alkanes of at least 4 members (excludes halogenated alkanes) is 1. The fourth-order valence-corrected chi connectivity index (χ4v) is 2.11. The maximum absolute atomic E-state index is 11.9. The number of fused-ring (bicyclic) bond motifs is 1. The molecule has 0 saturated heterocycles. The molecule has 1 aromatic carbocycles. The first kappa shape index (κ1) is 15.1. The first-order chi connectivity index (χ1) is 11.3. The molecule has 0 radical (unpaired) electrons. The molecule has 1 aromatic heterocycles. The number of nitrogens with one attached hydrogen (secondary N) is 2. The SMILES string of the molecule is CCCCNC(=O)c1ccc(Nc2ccc3c(c2)OCO3)nn1. The Morgan fingerprint density at radius 2 is 2.04 bits per heavy atom. The smallest absolute Gasteiger partial charge is 0.271 e. The highest BCUT2D eigenvalue weighted by Crippen LogP contribution is 2.34. The highest BCUT2D eigenvalue weighted by molar-refractivity contribution is 5.92. The molecule has 1 amide bonds. The summed E-state index contributed by atoms with van der Waals surface area (Å²) in [5.41, 5.74) is 1.11. The van der Waals surface area contributed by atoms with Gasteiger partial charge in [-0.1, -0.05) is 13.3 Å². The highest BCUT2D eigenvalue weighted by Gasteiger charge is 2.13. The standard InChI is InChI=1S/C16H18N4O3/c1-2-3-8-17-16(21)12-5-7-15(20-19-12)18-11-4-6-13-14(9-11)23-10-22-13/h4-7,9H,2-3,8,10H2,1H3,(H,17,21)(H,18,20). The predicted molar refractivity (Wildman–Crippen MR) is 85.1 cm³/mol. The number of rotatable bonds is 6. The lowest BCUT2D eigenvalue weighted by Crippen LogP contribution is -2.25. The first-order valence-corrected chi connectivity index (χ1v) is 7.55. The second-order valence-corrected chi connectivity index (χ2v) is 5.11. The topological polar surface area (TPSA) is 85.4 Å². The number of amides is 1. The molecule has 0 bridgehead atoms. The van der Waals surface area contributed by atoms with Crippen molar-refractivity contribution in [3.63, 3.8) is 0 Å². The number of nitrogens with zero attached hydrogens (tertiary/aromatic N) is 2. The van der Waals surface area contributed by atoms with E-state index in [1.54, 1.807) is 12.1 Å². The van der Waals surface area contributed by atoms with Gasteiger partial charge in [0.05, 0.1) is 0 Å². The van der Waals surface area contributed by atoms with E-state index in [0.717, 1.165) is 24.3 Å². The Morgan fingerprint density at radius 1 is 1.17 bits per heavy atom. The minimum Gasteiger partial charge on any atom is -0.454 e. The lowest BCUT2D eigenvalue weighted by Gasteiger charge is -2.07. The molecule has 2 heterocycles. The summed E-state index contributed by atoms with van der Waals surface area (Å²) in [5.74, 6) is 1.75. The van der Waals surface area contributed by atoms with Crippen LogP contribution < -0.4 is 20.1 Å². The average Bonchev–Trinajstić information content (AvgIpc) is 3.03. The number of hydrogen-bond acceptors (Lipinski definition) is 6. The van der Waals surface area contributed by atoms with Gasteiger partial charge in [0, 0.05) is 18.3 Å². The van der Waals surface area contributed by atoms with E-state index in [1.165, 1.54) is 0 Å². The third kappa shape index (κ3) is 3.68. The Balaban J connectivity index is 1.62. The lowest BCUT2D eigenvalue weighted by atomic mass is 10.2. The second kappa shape index (κ2) is 6.95. The van der Waals surface area contributed by atoms with Crippen LogP contribution >= 0.6 is 0 Å². The summed E-state index contributed by atoms with van der Waals surface area (Å²) in [5, 5.41) is 13.9. The van der Waals surface area contributed by atoms with Crippen LogP contribution in [0.1, 0.15) is 30.3 Å². The second-order valence-electron chi connectivity index (χ2n) is 5.11. The van der Waals surface area contributed by atoms with Crippen LogP contribution in [0, 0.1) is 0 Å². The third-order valence-electron chi connectivity index (χ3n) is 3.36. The zero-order chi connectivity index (χ0) is 16.1.